The van der Waals surface area contributed by atoms with Crippen LogP contribution in [0.15, 0.2) is 24.3 Å². The van der Waals surface area contributed by atoms with Gasteiger partial charge in [0, 0.05) is 18.5 Å². The van der Waals surface area contributed by atoms with Crippen molar-refractivity contribution in [2.75, 3.05) is 13.6 Å². The van der Waals surface area contributed by atoms with E-state index in [0.29, 0.717) is 18.0 Å². The molecule has 1 rings (SSSR count). The highest BCUT2D eigenvalue weighted by atomic mass is 35.5. The molecule has 1 atom stereocenters. The van der Waals surface area contributed by atoms with Crippen LogP contribution in [0.5, 0.6) is 0 Å². The van der Waals surface area contributed by atoms with Crippen molar-refractivity contribution >= 4 is 29.9 Å². The summed E-state index contributed by atoms with van der Waals surface area (Å²) in [5.41, 5.74) is 6.37. The molecule has 18 heavy (non-hydrogen) atoms. The summed E-state index contributed by atoms with van der Waals surface area (Å²) in [6.07, 6.45) is 1.21. The number of nitrogens with two attached hydrogens (primary N) is 1. The molecule has 2 N–H and O–H groups in total. The van der Waals surface area contributed by atoms with Crippen LogP contribution in [0, 0.1) is 0 Å². The molecule has 1 amide bonds. The van der Waals surface area contributed by atoms with Crippen molar-refractivity contribution in [1.29, 1.82) is 0 Å². The van der Waals surface area contributed by atoms with E-state index in [1.165, 1.54) is 0 Å². The van der Waals surface area contributed by atoms with E-state index < -0.39 is 0 Å². The topological polar surface area (TPSA) is 46.3 Å². The monoisotopic (exact) mass is 290 g/mol. The van der Waals surface area contributed by atoms with Crippen LogP contribution in [0.25, 0.3) is 0 Å². The lowest BCUT2D eigenvalue weighted by Crippen LogP contribution is -2.30. The van der Waals surface area contributed by atoms with Crippen LogP contribution in [-0.2, 0) is 4.79 Å². The molecule has 1 aromatic rings. The van der Waals surface area contributed by atoms with Gasteiger partial charge in [-0.15, -0.1) is 12.4 Å². The van der Waals surface area contributed by atoms with Crippen molar-refractivity contribution < 1.29 is 4.79 Å². The summed E-state index contributed by atoms with van der Waals surface area (Å²) in [6, 6.07) is 7.57. The minimum atomic E-state index is -0.0195. The molecule has 0 radical (unpaired) electrons. The molecule has 3 nitrogen and oxygen atoms in total. The maximum Gasteiger partial charge on any atom is 0.222 e. The second kappa shape index (κ2) is 8.35. The van der Waals surface area contributed by atoms with Crippen LogP contribution in [0.4, 0.5) is 0 Å². The minimum Gasteiger partial charge on any atom is -0.339 e. The van der Waals surface area contributed by atoms with Gasteiger partial charge < -0.3 is 10.6 Å². The highest BCUT2D eigenvalue weighted by molar-refractivity contribution is 6.31. The van der Waals surface area contributed by atoms with Gasteiger partial charge >= 0.3 is 0 Å². The lowest BCUT2D eigenvalue weighted by atomic mass is 10.1. The number of benzene rings is 1. The molecule has 1 aromatic carbocycles. The largest absolute Gasteiger partial charge is 0.339 e. The molecule has 0 fully saturated rings. The molecule has 0 aromatic heterocycles. The fraction of sp³-hybridized carbons (Fsp3) is 0.462. The molecular weight excluding hydrogens is 271 g/mol. The molecule has 0 spiro atoms. The van der Waals surface area contributed by atoms with Crippen molar-refractivity contribution in [3.63, 3.8) is 0 Å². The van der Waals surface area contributed by atoms with Crippen molar-refractivity contribution in [3.05, 3.63) is 34.9 Å². The van der Waals surface area contributed by atoms with E-state index in [1.807, 2.05) is 31.2 Å². The van der Waals surface area contributed by atoms with Crippen LogP contribution >= 0.6 is 24.0 Å². The molecule has 1 unspecified atom stereocenters. The Morgan fingerprint density at radius 1 is 1.44 bits per heavy atom. The first kappa shape index (κ1) is 17.2. The summed E-state index contributed by atoms with van der Waals surface area (Å²) >= 11 is 6.11. The minimum absolute atomic E-state index is 0. The van der Waals surface area contributed by atoms with E-state index >= 15 is 0 Å². The average molecular weight is 291 g/mol. The Morgan fingerprint density at radius 3 is 2.61 bits per heavy atom. The first-order valence-corrected chi connectivity index (χ1v) is 6.16. The third-order valence-corrected chi connectivity index (χ3v) is 3.27. The van der Waals surface area contributed by atoms with Crippen LogP contribution in [-0.4, -0.2) is 24.4 Å². The second-order valence-corrected chi connectivity index (χ2v) is 4.50. The van der Waals surface area contributed by atoms with Crippen molar-refractivity contribution in [2.24, 2.45) is 5.73 Å². The van der Waals surface area contributed by atoms with Crippen LogP contribution in [0.3, 0.4) is 0 Å². The zero-order chi connectivity index (χ0) is 12.8. The zero-order valence-electron chi connectivity index (χ0n) is 10.7. The summed E-state index contributed by atoms with van der Waals surface area (Å²) in [5, 5.41) is 0.693. The fourth-order valence-corrected chi connectivity index (χ4v) is 1.96. The van der Waals surface area contributed by atoms with Crippen LogP contribution < -0.4 is 5.73 Å². The first-order valence-electron chi connectivity index (χ1n) is 5.78. The van der Waals surface area contributed by atoms with Gasteiger partial charge in [-0.3, -0.25) is 4.79 Å². The second-order valence-electron chi connectivity index (χ2n) is 4.09. The number of hydrogen-bond donors (Lipinski definition) is 1. The van der Waals surface area contributed by atoms with Crippen LogP contribution in [0.1, 0.15) is 31.4 Å². The van der Waals surface area contributed by atoms with Gasteiger partial charge in [0.15, 0.2) is 0 Å². The number of hydrogen-bond acceptors (Lipinski definition) is 2. The van der Waals surface area contributed by atoms with Crippen molar-refractivity contribution in [3.8, 4) is 0 Å². The van der Waals surface area contributed by atoms with E-state index in [-0.39, 0.29) is 24.4 Å². The Kier molecular flexibility index (Phi) is 8.00. The molecule has 0 saturated heterocycles. The molecule has 102 valence electrons. The first-order chi connectivity index (χ1) is 8.07. The van der Waals surface area contributed by atoms with Gasteiger partial charge in [0.1, 0.15) is 0 Å². The highest BCUT2D eigenvalue weighted by Crippen LogP contribution is 2.26. The number of amides is 1. The Labute approximate surface area is 120 Å². The Balaban J connectivity index is 0.00000289. The Bertz CT molecular complexity index is 385. The lowest BCUT2D eigenvalue weighted by Gasteiger charge is -2.26. The summed E-state index contributed by atoms with van der Waals surface area (Å²) in [6.45, 7) is 2.52. The predicted molar refractivity (Wildman–Crippen MR) is 78.2 cm³/mol. The maximum atomic E-state index is 11.9. The van der Waals surface area contributed by atoms with Crippen LogP contribution in [0.2, 0.25) is 5.02 Å². The molecule has 0 bridgehead atoms. The average Bonchev–Trinajstić information content (AvgIpc) is 2.34. The number of nitrogens with zero attached hydrogens (tertiary/aromatic N) is 1. The molecule has 5 heteroatoms. The number of halogens is 2. The SMILES string of the molecule is CC(c1ccccc1Cl)N(C)C(=O)CCCN.Cl. The molecular formula is C13H20Cl2N2O. The maximum absolute atomic E-state index is 11.9. The smallest absolute Gasteiger partial charge is 0.222 e. The van der Waals surface area contributed by atoms with Crippen molar-refractivity contribution in [2.45, 2.75) is 25.8 Å². The number of carbonyl (C=O) groups is 1. The Hall–Kier alpha value is -0.770. The van der Waals surface area contributed by atoms with Gasteiger partial charge in [0.2, 0.25) is 5.91 Å². The predicted octanol–water partition coefficient (Wildman–Crippen LogP) is 3.02. The molecule has 0 saturated carbocycles. The highest BCUT2D eigenvalue weighted by Gasteiger charge is 2.18. The zero-order valence-corrected chi connectivity index (χ0v) is 12.3. The summed E-state index contributed by atoms with van der Waals surface area (Å²) < 4.78 is 0. The molecule has 0 aliphatic heterocycles. The Morgan fingerprint density at radius 2 is 2.06 bits per heavy atom. The van der Waals surface area contributed by atoms with E-state index in [9.17, 15) is 4.79 Å². The summed E-state index contributed by atoms with van der Waals surface area (Å²) in [7, 11) is 1.80. The summed E-state index contributed by atoms with van der Waals surface area (Å²) in [4.78, 5) is 13.6. The fourth-order valence-electron chi connectivity index (χ4n) is 1.67. The van der Waals surface area contributed by atoms with Crippen molar-refractivity contribution in [1.82, 2.24) is 4.90 Å². The normalized spacial score (nSPS) is 11.6. The van der Waals surface area contributed by atoms with Gasteiger partial charge in [-0.2, -0.15) is 0 Å². The van der Waals surface area contributed by atoms with Gasteiger partial charge in [0.25, 0.3) is 0 Å². The molecule has 0 aliphatic carbocycles. The quantitative estimate of drug-likeness (QED) is 0.906. The number of rotatable bonds is 5. The van der Waals surface area contributed by atoms with Gasteiger partial charge in [-0.25, -0.2) is 0 Å². The van der Waals surface area contributed by atoms with E-state index in [4.69, 9.17) is 17.3 Å². The van der Waals surface area contributed by atoms with E-state index in [0.717, 1.165) is 12.0 Å². The molecule has 0 aliphatic rings. The third-order valence-electron chi connectivity index (χ3n) is 2.92. The summed E-state index contributed by atoms with van der Waals surface area (Å²) in [5.74, 6) is 0.0999. The van der Waals surface area contributed by atoms with E-state index in [2.05, 4.69) is 0 Å². The van der Waals surface area contributed by atoms with E-state index in [1.54, 1.807) is 11.9 Å². The van der Waals surface area contributed by atoms with Gasteiger partial charge in [0.05, 0.1) is 6.04 Å². The molecule has 0 heterocycles. The third kappa shape index (κ3) is 4.48. The van der Waals surface area contributed by atoms with Gasteiger partial charge in [-0.1, -0.05) is 29.8 Å². The lowest BCUT2D eigenvalue weighted by molar-refractivity contribution is -0.131. The number of carbonyl (C=O) groups excluding carboxylic acids is 1. The van der Waals surface area contributed by atoms with Gasteiger partial charge in [-0.05, 0) is 31.5 Å². The standard InChI is InChI=1S/C13H19ClN2O.ClH/c1-10(11-6-3-4-7-12(11)14)16(2)13(17)8-5-9-15;/h3-4,6-7,10H,5,8-9,15H2,1-2H3;1H.